The third-order valence-corrected chi connectivity index (χ3v) is 4.16. The Labute approximate surface area is 112 Å². The highest BCUT2D eigenvalue weighted by Gasteiger charge is 2.10. The first kappa shape index (κ1) is 11.5. The molecule has 0 bridgehead atoms. The molecule has 0 aliphatic rings. The zero-order valence-corrected chi connectivity index (χ0v) is 11.1. The van der Waals surface area contributed by atoms with Crippen molar-refractivity contribution in [3.8, 4) is 5.75 Å². The van der Waals surface area contributed by atoms with Crippen LogP contribution in [0.4, 0.5) is 0 Å². The highest BCUT2D eigenvalue weighted by Crippen LogP contribution is 2.35. The lowest BCUT2D eigenvalue weighted by atomic mass is 10.2. The van der Waals surface area contributed by atoms with E-state index in [1.165, 1.54) is 11.3 Å². The first-order valence-electron chi connectivity index (χ1n) is 5.40. The van der Waals surface area contributed by atoms with E-state index in [4.69, 9.17) is 16.3 Å². The molecule has 0 aliphatic carbocycles. The molecule has 0 amide bonds. The second-order valence-electron chi connectivity index (χ2n) is 3.92. The summed E-state index contributed by atoms with van der Waals surface area (Å²) in [6.07, 6.45) is 0. The van der Waals surface area contributed by atoms with Gasteiger partial charge in [-0.1, -0.05) is 35.9 Å². The van der Waals surface area contributed by atoms with E-state index < -0.39 is 0 Å². The van der Waals surface area contributed by atoms with Gasteiger partial charge in [0.05, 0.1) is 16.1 Å². The maximum atomic E-state index is 12.5. The fourth-order valence-corrected chi connectivity index (χ4v) is 3.26. The van der Waals surface area contributed by atoms with Crippen molar-refractivity contribution < 1.29 is 4.74 Å². The largest absolute Gasteiger partial charge is 0.495 e. The van der Waals surface area contributed by atoms with Gasteiger partial charge in [0.1, 0.15) is 5.75 Å². The van der Waals surface area contributed by atoms with Crippen molar-refractivity contribution >= 4 is 43.8 Å². The number of hydrogen-bond acceptors (Lipinski definition) is 3. The smallest absolute Gasteiger partial charge is 0.195 e. The Bertz CT molecular complexity index is 808. The zero-order valence-electron chi connectivity index (χ0n) is 9.57. The van der Waals surface area contributed by atoms with Crippen molar-refractivity contribution in [2.75, 3.05) is 7.11 Å². The summed E-state index contributed by atoms with van der Waals surface area (Å²) in [6, 6.07) is 11.1. The number of hydrogen-bond donors (Lipinski definition) is 0. The monoisotopic (exact) mass is 276 g/mol. The number of fused-ring (bicyclic) bond motifs is 2. The van der Waals surface area contributed by atoms with Crippen LogP contribution in [-0.2, 0) is 0 Å². The Morgan fingerprint density at radius 1 is 1.17 bits per heavy atom. The fraction of sp³-hybridized carbons (Fsp3) is 0.0714. The van der Waals surface area contributed by atoms with Gasteiger partial charge in [0.2, 0.25) is 0 Å². The molecular formula is C14H9ClO2S. The molecule has 3 aromatic rings. The van der Waals surface area contributed by atoms with E-state index in [9.17, 15) is 4.79 Å². The van der Waals surface area contributed by atoms with Crippen LogP contribution in [0.5, 0.6) is 5.75 Å². The molecule has 3 rings (SSSR count). The van der Waals surface area contributed by atoms with E-state index >= 15 is 0 Å². The maximum Gasteiger partial charge on any atom is 0.195 e. The molecule has 18 heavy (non-hydrogen) atoms. The van der Waals surface area contributed by atoms with E-state index in [0.717, 1.165) is 10.1 Å². The lowest BCUT2D eigenvalue weighted by molar-refractivity contribution is 0.421. The maximum absolute atomic E-state index is 12.5. The van der Waals surface area contributed by atoms with E-state index in [0.29, 0.717) is 20.9 Å². The standard InChI is InChI=1S/C14H9ClO2S/c1-17-11-6-8-4-2-3-5-9(8)13(16)10-7-12(15)18-14(10)11/h2-7H,1H3. The molecule has 2 aromatic carbocycles. The lowest BCUT2D eigenvalue weighted by Crippen LogP contribution is -1.96. The Morgan fingerprint density at radius 3 is 2.72 bits per heavy atom. The normalized spacial score (nSPS) is 11.0. The molecule has 0 fully saturated rings. The minimum atomic E-state index is -0.00736. The predicted octanol–water partition coefficient (Wildman–Crippen LogP) is 4.08. The van der Waals surface area contributed by atoms with Crippen LogP contribution in [-0.4, -0.2) is 7.11 Å². The quantitative estimate of drug-likeness (QED) is 0.669. The molecular weight excluding hydrogens is 268 g/mol. The van der Waals surface area contributed by atoms with Gasteiger partial charge >= 0.3 is 0 Å². The Hall–Kier alpha value is -1.58. The number of ether oxygens (including phenoxy) is 1. The summed E-state index contributed by atoms with van der Waals surface area (Å²) in [7, 11) is 1.60. The molecule has 90 valence electrons. The molecule has 0 atom stereocenters. The van der Waals surface area contributed by atoms with Gasteiger partial charge in [-0.2, -0.15) is 0 Å². The molecule has 4 heteroatoms. The number of thiophene rings is 1. The van der Waals surface area contributed by atoms with Crippen LogP contribution < -0.4 is 10.2 Å². The van der Waals surface area contributed by atoms with Gasteiger partial charge in [0, 0.05) is 10.8 Å². The highest BCUT2D eigenvalue weighted by atomic mass is 35.5. The zero-order chi connectivity index (χ0) is 12.7. The van der Waals surface area contributed by atoms with Gasteiger partial charge in [-0.15, -0.1) is 11.3 Å². The molecule has 2 nitrogen and oxygen atoms in total. The van der Waals surface area contributed by atoms with Crippen LogP contribution in [0.2, 0.25) is 4.34 Å². The Morgan fingerprint density at radius 2 is 1.94 bits per heavy atom. The number of methoxy groups -OCH3 is 1. The number of rotatable bonds is 1. The van der Waals surface area contributed by atoms with Crippen molar-refractivity contribution in [3.63, 3.8) is 0 Å². The molecule has 0 unspecified atom stereocenters. The highest BCUT2D eigenvalue weighted by molar-refractivity contribution is 7.23. The summed E-state index contributed by atoms with van der Waals surface area (Å²) in [6.45, 7) is 0. The minimum Gasteiger partial charge on any atom is -0.495 e. The van der Waals surface area contributed by atoms with Gasteiger partial charge in [0.25, 0.3) is 0 Å². The van der Waals surface area contributed by atoms with Crippen LogP contribution in [0.25, 0.3) is 20.9 Å². The third-order valence-electron chi connectivity index (χ3n) is 2.88. The van der Waals surface area contributed by atoms with Gasteiger partial charge in [-0.05, 0) is 17.5 Å². The first-order chi connectivity index (χ1) is 8.70. The average Bonchev–Trinajstić information content (AvgIpc) is 2.73. The van der Waals surface area contributed by atoms with Crippen LogP contribution in [0.3, 0.4) is 0 Å². The molecule has 0 aliphatic heterocycles. The van der Waals surface area contributed by atoms with Crippen LogP contribution in [0.15, 0.2) is 41.2 Å². The molecule has 0 spiro atoms. The summed E-state index contributed by atoms with van der Waals surface area (Å²) >= 11 is 7.36. The van der Waals surface area contributed by atoms with Gasteiger partial charge in [0.15, 0.2) is 5.43 Å². The van der Waals surface area contributed by atoms with Gasteiger partial charge < -0.3 is 4.74 Å². The van der Waals surface area contributed by atoms with E-state index in [-0.39, 0.29) is 5.43 Å². The van der Waals surface area contributed by atoms with Crippen LogP contribution >= 0.6 is 22.9 Å². The molecule has 0 saturated carbocycles. The van der Waals surface area contributed by atoms with Gasteiger partial charge in [-0.25, -0.2) is 0 Å². The lowest BCUT2D eigenvalue weighted by Gasteiger charge is -1.96. The van der Waals surface area contributed by atoms with Crippen LogP contribution in [0.1, 0.15) is 0 Å². The predicted molar refractivity (Wildman–Crippen MR) is 77.2 cm³/mol. The second-order valence-corrected chi connectivity index (χ2v) is 5.61. The molecule has 1 heterocycles. The van der Waals surface area contributed by atoms with E-state index in [2.05, 4.69) is 0 Å². The fourth-order valence-electron chi connectivity index (χ4n) is 2.05. The topological polar surface area (TPSA) is 26.3 Å². The van der Waals surface area contributed by atoms with Crippen molar-refractivity contribution in [2.24, 2.45) is 0 Å². The third kappa shape index (κ3) is 1.67. The summed E-state index contributed by atoms with van der Waals surface area (Å²) in [5.41, 5.74) is -0.00736. The molecule has 0 saturated heterocycles. The Balaban J connectivity index is 2.66. The van der Waals surface area contributed by atoms with Crippen molar-refractivity contribution in [2.45, 2.75) is 0 Å². The second kappa shape index (κ2) is 4.26. The molecule has 0 radical (unpaired) electrons. The summed E-state index contributed by atoms with van der Waals surface area (Å²) in [4.78, 5) is 12.5. The Kier molecular flexibility index (Phi) is 2.73. The van der Waals surface area contributed by atoms with E-state index in [1.54, 1.807) is 13.2 Å². The summed E-state index contributed by atoms with van der Waals surface area (Å²) in [5, 5.41) is 2.17. The summed E-state index contributed by atoms with van der Waals surface area (Å²) in [5.74, 6) is 0.681. The van der Waals surface area contributed by atoms with E-state index in [1.807, 2.05) is 30.3 Å². The van der Waals surface area contributed by atoms with Crippen LogP contribution in [0, 0.1) is 0 Å². The average molecular weight is 277 g/mol. The number of benzene rings is 1. The van der Waals surface area contributed by atoms with Crippen molar-refractivity contribution in [3.05, 3.63) is 51.0 Å². The number of halogens is 1. The van der Waals surface area contributed by atoms with Gasteiger partial charge in [-0.3, -0.25) is 4.79 Å². The first-order valence-corrected chi connectivity index (χ1v) is 6.59. The minimum absolute atomic E-state index is 0.00736. The summed E-state index contributed by atoms with van der Waals surface area (Å²) < 4.78 is 6.77. The van der Waals surface area contributed by atoms with Crippen molar-refractivity contribution in [1.29, 1.82) is 0 Å². The van der Waals surface area contributed by atoms with Crippen molar-refractivity contribution in [1.82, 2.24) is 0 Å². The molecule has 1 aromatic heterocycles. The molecule has 0 N–H and O–H groups in total. The SMILES string of the molecule is COc1cc2ccccc2c(=O)c2cc(Cl)sc12.